The maximum Gasteiger partial charge on any atom is 0.264 e. The Labute approximate surface area is 223 Å². The Balaban J connectivity index is 1.60. The van der Waals surface area contributed by atoms with Crippen molar-refractivity contribution in [2.75, 3.05) is 17.3 Å². The van der Waals surface area contributed by atoms with E-state index in [1.807, 2.05) is 48.6 Å². The zero-order valence-corrected chi connectivity index (χ0v) is 22.4. The smallest absolute Gasteiger partial charge is 0.264 e. The van der Waals surface area contributed by atoms with Crippen LogP contribution in [0.2, 0.25) is 0 Å². The van der Waals surface area contributed by atoms with Gasteiger partial charge < -0.3 is 0 Å². The van der Waals surface area contributed by atoms with Gasteiger partial charge in [-0.3, -0.25) is 4.55 Å². The molecule has 3 aromatic rings. The number of fused-ring (bicyclic) bond motifs is 3. The van der Waals surface area contributed by atoms with Gasteiger partial charge in [0.05, 0.1) is 22.1 Å². The molecule has 7 nitrogen and oxygen atoms in total. The van der Waals surface area contributed by atoms with Gasteiger partial charge in [0.1, 0.15) is 6.54 Å². The zero-order valence-electron chi connectivity index (χ0n) is 21.6. The van der Waals surface area contributed by atoms with Crippen LogP contribution in [0.4, 0.5) is 11.4 Å². The first-order chi connectivity index (χ1) is 18.2. The molecule has 196 valence electrons. The maximum atomic E-state index is 11.2. The van der Waals surface area contributed by atoms with Gasteiger partial charge in [0, 0.05) is 30.3 Å². The number of hydrogen-bond acceptors (Lipinski definition) is 4. The number of para-hydroxylation sites is 1. The van der Waals surface area contributed by atoms with E-state index >= 15 is 0 Å². The lowest BCUT2D eigenvalue weighted by Gasteiger charge is -2.17. The van der Waals surface area contributed by atoms with Crippen molar-refractivity contribution >= 4 is 38.0 Å². The van der Waals surface area contributed by atoms with E-state index in [4.69, 9.17) is 4.55 Å². The Kier molecular flexibility index (Phi) is 8.34. The number of hydrogen-bond donors (Lipinski definition) is 1. The SMILES string of the molecule is CC1(C)C(/C=C/C=C/C=C/N(N=O)c2ccccc2)=[N+](CCCCS(=O)(=O)O)c2ccc3ccccc3c21. The first kappa shape index (κ1) is 27.2. The fourth-order valence-electron chi connectivity index (χ4n) is 4.98. The van der Waals surface area contributed by atoms with Crippen LogP contribution in [0.1, 0.15) is 32.3 Å². The number of rotatable bonds is 11. The zero-order chi connectivity index (χ0) is 27.2. The summed E-state index contributed by atoms with van der Waals surface area (Å²) >= 11 is 0. The van der Waals surface area contributed by atoms with Crippen LogP contribution in [-0.2, 0) is 15.5 Å². The number of allylic oxidation sites excluding steroid dienone is 5. The van der Waals surface area contributed by atoms with Crippen molar-refractivity contribution in [3.05, 3.63) is 114 Å². The molecule has 0 unspecified atom stereocenters. The Morgan fingerprint density at radius 1 is 0.921 bits per heavy atom. The Bertz CT molecular complexity index is 1540. The molecule has 0 spiro atoms. The second-order valence-electron chi connectivity index (χ2n) is 9.68. The number of nitrogens with zero attached hydrogens (tertiary/aromatic N) is 3. The van der Waals surface area contributed by atoms with Crippen LogP contribution in [-0.4, -0.2) is 35.6 Å². The summed E-state index contributed by atoms with van der Waals surface area (Å²) in [4.78, 5) is 11.2. The van der Waals surface area contributed by atoms with Crippen LogP contribution in [0.25, 0.3) is 10.8 Å². The topological polar surface area (TPSA) is 90.0 Å². The molecule has 4 rings (SSSR count). The minimum absolute atomic E-state index is 0.245. The Hall–Kier alpha value is -3.88. The maximum absolute atomic E-state index is 11.2. The second kappa shape index (κ2) is 11.7. The second-order valence-corrected chi connectivity index (χ2v) is 11.3. The van der Waals surface area contributed by atoms with Crippen LogP contribution in [0.15, 0.2) is 109 Å². The van der Waals surface area contributed by atoms with Crippen LogP contribution in [0.5, 0.6) is 0 Å². The van der Waals surface area contributed by atoms with E-state index < -0.39 is 10.1 Å². The van der Waals surface area contributed by atoms with Gasteiger partial charge >= 0.3 is 0 Å². The fraction of sp³-hybridized carbons (Fsp3) is 0.233. The molecule has 3 aromatic carbocycles. The van der Waals surface area contributed by atoms with E-state index in [1.165, 1.54) is 21.3 Å². The van der Waals surface area contributed by atoms with Crippen molar-refractivity contribution in [1.29, 1.82) is 0 Å². The highest BCUT2D eigenvalue weighted by molar-refractivity contribution is 7.85. The first-order valence-electron chi connectivity index (χ1n) is 12.5. The number of anilines is 1. The number of benzene rings is 3. The quantitative estimate of drug-likeness (QED) is 0.0744. The molecule has 38 heavy (non-hydrogen) atoms. The standard InChI is InChI=1S/C30H31N3O4S/c1-30(2)28(18-8-3-4-11-22-33(31-34)25-15-6-5-7-16-25)32(21-12-13-23-38(35,36)37)27-20-19-24-14-9-10-17-26(24)29(27)30/h3-11,14-20,22H,12-13,21,23H2,1-2H3/p+1. The van der Waals surface area contributed by atoms with Crippen LogP contribution in [0, 0.1) is 4.91 Å². The lowest BCUT2D eigenvalue weighted by molar-refractivity contribution is -0.438. The lowest BCUT2D eigenvalue weighted by Crippen LogP contribution is -2.28. The van der Waals surface area contributed by atoms with E-state index in [0.29, 0.717) is 25.1 Å². The van der Waals surface area contributed by atoms with Crippen LogP contribution < -0.4 is 5.01 Å². The summed E-state index contributed by atoms with van der Waals surface area (Å²) in [5, 5.41) is 6.68. The summed E-state index contributed by atoms with van der Waals surface area (Å²) in [5.74, 6) is -0.245. The van der Waals surface area contributed by atoms with Crippen LogP contribution in [0.3, 0.4) is 0 Å². The normalized spacial score (nSPS) is 15.2. The van der Waals surface area contributed by atoms with Gasteiger partial charge in [0.2, 0.25) is 5.69 Å². The third-order valence-electron chi connectivity index (χ3n) is 6.71. The van der Waals surface area contributed by atoms with Crippen molar-refractivity contribution in [2.24, 2.45) is 5.29 Å². The summed E-state index contributed by atoms with van der Waals surface area (Å²) in [6.45, 7) is 5.03. The molecule has 1 aliphatic heterocycles. The molecular weight excluding hydrogens is 498 g/mol. The Morgan fingerprint density at radius 2 is 1.63 bits per heavy atom. The monoisotopic (exact) mass is 530 g/mol. The van der Waals surface area contributed by atoms with Gasteiger partial charge in [-0.25, -0.2) is 5.01 Å². The summed E-state index contributed by atoms with van der Waals surface area (Å²) < 4.78 is 33.8. The predicted octanol–water partition coefficient (Wildman–Crippen LogP) is 6.70. The van der Waals surface area contributed by atoms with Crippen molar-refractivity contribution < 1.29 is 17.5 Å². The minimum atomic E-state index is -3.98. The molecule has 0 aromatic heterocycles. The lowest BCUT2D eigenvalue weighted by atomic mass is 9.79. The molecule has 0 saturated heterocycles. The van der Waals surface area contributed by atoms with E-state index in [-0.39, 0.29) is 11.2 Å². The molecule has 1 N–H and O–H groups in total. The number of unbranched alkanes of at least 4 members (excludes halogenated alkanes) is 1. The van der Waals surface area contributed by atoms with E-state index in [0.717, 1.165) is 11.4 Å². The van der Waals surface area contributed by atoms with Gasteiger partial charge in [-0.15, -0.1) is 4.91 Å². The molecule has 0 bridgehead atoms. The van der Waals surface area contributed by atoms with E-state index in [1.54, 1.807) is 24.4 Å². The van der Waals surface area contributed by atoms with Gasteiger partial charge in [0.25, 0.3) is 10.1 Å². The fourth-order valence-corrected chi connectivity index (χ4v) is 5.55. The van der Waals surface area contributed by atoms with Crippen molar-refractivity contribution in [3.63, 3.8) is 0 Å². The van der Waals surface area contributed by atoms with Gasteiger partial charge in [0.15, 0.2) is 5.71 Å². The molecule has 0 radical (unpaired) electrons. The van der Waals surface area contributed by atoms with Crippen LogP contribution >= 0.6 is 0 Å². The molecule has 0 aliphatic carbocycles. The van der Waals surface area contributed by atoms with Gasteiger partial charge in [-0.05, 0) is 55.3 Å². The average Bonchev–Trinajstić information content (AvgIpc) is 3.12. The molecule has 1 aliphatic rings. The highest BCUT2D eigenvalue weighted by Gasteiger charge is 2.45. The predicted molar refractivity (Wildman–Crippen MR) is 155 cm³/mol. The van der Waals surface area contributed by atoms with Gasteiger partial charge in [-0.2, -0.15) is 13.0 Å². The van der Waals surface area contributed by atoms with Crippen molar-refractivity contribution in [1.82, 2.24) is 0 Å². The Morgan fingerprint density at radius 3 is 2.37 bits per heavy atom. The molecule has 0 fully saturated rings. The van der Waals surface area contributed by atoms with Crippen molar-refractivity contribution in [2.45, 2.75) is 32.1 Å². The first-order valence-corrected chi connectivity index (χ1v) is 14.1. The summed E-state index contributed by atoms with van der Waals surface area (Å²) in [7, 11) is -3.98. The molecule has 1 heterocycles. The summed E-state index contributed by atoms with van der Waals surface area (Å²) in [6, 6.07) is 21.8. The van der Waals surface area contributed by atoms with Gasteiger partial charge in [-0.1, -0.05) is 60.7 Å². The molecular formula is C30H32N3O4S+. The minimum Gasteiger partial charge on any atom is -0.286 e. The molecule has 0 atom stereocenters. The average molecular weight is 531 g/mol. The highest BCUT2D eigenvalue weighted by Crippen LogP contribution is 2.44. The molecule has 8 heteroatoms. The summed E-state index contributed by atoms with van der Waals surface area (Å²) in [6.07, 6.45) is 12.1. The third kappa shape index (κ3) is 6.15. The largest absolute Gasteiger partial charge is 0.286 e. The molecule has 0 amide bonds. The van der Waals surface area contributed by atoms with Crippen molar-refractivity contribution in [3.8, 4) is 0 Å². The third-order valence-corrected chi connectivity index (χ3v) is 7.52. The van der Waals surface area contributed by atoms with E-state index in [2.05, 4.69) is 54.1 Å². The number of nitroso groups, excluding NO2 is 1. The highest BCUT2D eigenvalue weighted by atomic mass is 32.2. The molecule has 0 saturated carbocycles. The summed E-state index contributed by atoms with van der Waals surface area (Å²) in [5.41, 5.74) is 3.85. The van der Waals surface area contributed by atoms with E-state index in [9.17, 15) is 13.3 Å².